The van der Waals surface area contributed by atoms with Crippen LogP contribution in [0.3, 0.4) is 0 Å². The molecule has 1 heterocycles. The first-order chi connectivity index (χ1) is 12.1. The molecule has 0 spiro atoms. The minimum atomic E-state index is -0.812. The summed E-state index contributed by atoms with van der Waals surface area (Å²) in [5.41, 5.74) is 0.827. The molecule has 136 valence electrons. The monoisotopic (exact) mass is 347 g/mol. The van der Waals surface area contributed by atoms with E-state index in [2.05, 4.69) is 10.6 Å². The minimum Gasteiger partial charge on any atom is -0.466 e. The van der Waals surface area contributed by atoms with E-state index >= 15 is 0 Å². The van der Waals surface area contributed by atoms with Gasteiger partial charge in [0.2, 0.25) is 11.8 Å². The number of unbranched alkanes of at least 4 members (excludes halogenated alkanes) is 1. The van der Waals surface area contributed by atoms with E-state index in [4.69, 9.17) is 4.74 Å². The largest absolute Gasteiger partial charge is 0.466 e. The van der Waals surface area contributed by atoms with E-state index in [9.17, 15) is 14.4 Å². The summed E-state index contributed by atoms with van der Waals surface area (Å²) in [6, 6.07) is 8.54. The standard InChI is InChI=1S/C18H25N3O4/c1-2-3-11-25-17(23)12-15-18(24)19-9-10-21(15)16(22)13-20-14-7-5-4-6-8-14/h4-8,15,20H,2-3,9-13H2,1H3,(H,19,24). The SMILES string of the molecule is CCCCOC(=O)CC1C(=O)NCCN1C(=O)CNc1ccccc1. The Balaban J connectivity index is 1.92. The van der Waals surface area contributed by atoms with Crippen molar-refractivity contribution in [2.75, 3.05) is 31.6 Å². The summed E-state index contributed by atoms with van der Waals surface area (Å²) < 4.78 is 5.12. The molecule has 0 bridgehead atoms. The smallest absolute Gasteiger partial charge is 0.308 e. The van der Waals surface area contributed by atoms with Crippen molar-refractivity contribution in [3.63, 3.8) is 0 Å². The van der Waals surface area contributed by atoms with Gasteiger partial charge in [-0.2, -0.15) is 0 Å². The Bertz CT molecular complexity index is 591. The van der Waals surface area contributed by atoms with Gasteiger partial charge in [-0.1, -0.05) is 31.5 Å². The normalized spacial score (nSPS) is 16.9. The van der Waals surface area contributed by atoms with Gasteiger partial charge < -0.3 is 20.3 Å². The average molecular weight is 347 g/mol. The molecule has 2 amide bonds. The second-order valence-electron chi connectivity index (χ2n) is 5.89. The third kappa shape index (κ3) is 5.77. The van der Waals surface area contributed by atoms with Crippen molar-refractivity contribution in [2.24, 2.45) is 0 Å². The van der Waals surface area contributed by atoms with E-state index in [0.717, 1.165) is 18.5 Å². The highest BCUT2D eigenvalue weighted by Crippen LogP contribution is 2.12. The first-order valence-electron chi connectivity index (χ1n) is 8.63. The number of piperazine rings is 1. The summed E-state index contributed by atoms with van der Waals surface area (Å²) >= 11 is 0. The Kier molecular flexibility index (Phi) is 7.25. The van der Waals surface area contributed by atoms with Crippen LogP contribution in [0.15, 0.2) is 30.3 Å². The van der Waals surface area contributed by atoms with Crippen molar-refractivity contribution in [2.45, 2.75) is 32.2 Å². The fourth-order valence-corrected chi connectivity index (χ4v) is 2.60. The number of rotatable bonds is 8. The maximum atomic E-state index is 12.5. The summed E-state index contributed by atoms with van der Waals surface area (Å²) in [6.07, 6.45) is 1.59. The molecule has 1 aliphatic rings. The fourth-order valence-electron chi connectivity index (χ4n) is 2.60. The molecule has 0 saturated carbocycles. The van der Waals surface area contributed by atoms with Crippen LogP contribution in [0, 0.1) is 0 Å². The van der Waals surface area contributed by atoms with Crippen LogP contribution in [0.5, 0.6) is 0 Å². The van der Waals surface area contributed by atoms with Crippen LogP contribution in [0.1, 0.15) is 26.2 Å². The zero-order valence-corrected chi connectivity index (χ0v) is 14.5. The lowest BCUT2D eigenvalue weighted by Crippen LogP contribution is -2.58. The zero-order valence-electron chi connectivity index (χ0n) is 14.5. The Morgan fingerprint density at radius 2 is 2.08 bits per heavy atom. The number of carbonyl (C=O) groups excluding carboxylic acids is 3. The van der Waals surface area contributed by atoms with E-state index in [-0.39, 0.29) is 24.8 Å². The maximum Gasteiger partial charge on any atom is 0.308 e. The molecule has 25 heavy (non-hydrogen) atoms. The summed E-state index contributed by atoms with van der Waals surface area (Å²) in [5, 5.41) is 5.74. The lowest BCUT2D eigenvalue weighted by atomic mass is 10.1. The van der Waals surface area contributed by atoms with Gasteiger partial charge in [0.25, 0.3) is 0 Å². The molecule has 1 atom stereocenters. The van der Waals surface area contributed by atoms with Crippen molar-refractivity contribution >= 4 is 23.5 Å². The van der Waals surface area contributed by atoms with Crippen LogP contribution in [0.4, 0.5) is 5.69 Å². The van der Waals surface area contributed by atoms with Crippen LogP contribution in [0.25, 0.3) is 0 Å². The Morgan fingerprint density at radius 1 is 1.32 bits per heavy atom. The van der Waals surface area contributed by atoms with Gasteiger partial charge >= 0.3 is 5.97 Å². The number of ether oxygens (including phenoxy) is 1. The van der Waals surface area contributed by atoms with Crippen LogP contribution in [-0.4, -0.2) is 55.0 Å². The van der Waals surface area contributed by atoms with E-state index < -0.39 is 12.0 Å². The molecule has 1 aromatic carbocycles. The highest BCUT2D eigenvalue weighted by atomic mass is 16.5. The molecule has 0 aliphatic carbocycles. The summed E-state index contributed by atoms with van der Waals surface area (Å²) in [7, 11) is 0. The highest BCUT2D eigenvalue weighted by molar-refractivity contribution is 5.93. The molecule has 2 N–H and O–H groups in total. The molecule has 1 fully saturated rings. The molecule has 7 heteroatoms. The topological polar surface area (TPSA) is 87.7 Å². The predicted octanol–water partition coefficient (Wildman–Crippen LogP) is 1.16. The number of para-hydroxylation sites is 1. The lowest BCUT2D eigenvalue weighted by molar-refractivity contribution is -0.151. The van der Waals surface area contributed by atoms with Gasteiger partial charge in [-0.3, -0.25) is 14.4 Å². The van der Waals surface area contributed by atoms with Gasteiger partial charge in [0.15, 0.2) is 0 Å². The van der Waals surface area contributed by atoms with E-state index in [1.165, 1.54) is 4.90 Å². The number of anilines is 1. The number of benzene rings is 1. The first kappa shape index (κ1) is 18.8. The van der Waals surface area contributed by atoms with E-state index in [0.29, 0.717) is 19.7 Å². The Labute approximate surface area is 147 Å². The summed E-state index contributed by atoms with van der Waals surface area (Å²) in [6.45, 7) is 3.18. The summed E-state index contributed by atoms with van der Waals surface area (Å²) in [5.74, 6) is -0.985. The Morgan fingerprint density at radius 3 is 2.80 bits per heavy atom. The van der Waals surface area contributed by atoms with Crippen LogP contribution >= 0.6 is 0 Å². The van der Waals surface area contributed by atoms with Crippen molar-refractivity contribution in [1.82, 2.24) is 10.2 Å². The van der Waals surface area contributed by atoms with E-state index in [1.54, 1.807) is 0 Å². The predicted molar refractivity (Wildman–Crippen MR) is 93.9 cm³/mol. The number of hydrogen-bond acceptors (Lipinski definition) is 5. The molecule has 0 radical (unpaired) electrons. The van der Waals surface area contributed by atoms with Crippen molar-refractivity contribution < 1.29 is 19.1 Å². The van der Waals surface area contributed by atoms with Crippen LogP contribution < -0.4 is 10.6 Å². The fraction of sp³-hybridized carbons (Fsp3) is 0.500. The van der Waals surface area contributed by atoms with E-state index in [1.807, 2.05) is 37.3 Å². The highest BCUT2D eigenvalue weighted by Gasteiger charge is 2.34. The van der Waals surface area contributed by atoms with Gasteiger partial charge in [0, 0.05) is 18.8 Å². The van der Waals surface area contributed by atoms with Crippen molar-refractivity contribution in [3.8, 4) is 0 Å². The minimum absolute atomic E-state index is 0.0681. The molecular weight excluding hydrogens is 322 g/mol. The molecule has 7 nitrogen and oxygen atoms in total. The molecule has 1 saturated heterocycles. The molecule has 1 aliphatic heterocycles. The van der Waals surface area contributed by atoms with Gasteiger partial charge in [-0.05, 0) is 18.6 Å². The number of carbonyl (C=O) groups is 3. The average Bonchev–Trinajstić information content (AvgIpc) is 2.62. The number of nitrogens with zero attached hydrogens (tertiary/aromatic N) is 1. The molecule has 0 aromatic heterocycles. The molecule has 2 rings (SSSR count). The third-order valence-electron chi connectivity index (χ3n) is 3.99. The second kappa shape index (κ2) is 9.66. The maximum absolute atomic E-state index is 12.5. The number of hydrogen-bond donors (Lipinski definition) is 2. The molecule has 1 aromatic rings. The Hall–Kier alpha value is -2.57. The first-order valence-corrected chi connectivity index (χ1v) is 8.63. The quantitative estimate of drug-likeness (QED) is 0.544. The van der Waals surface area contributed by atoms with Crippen LogP contribution in [0.2, 0.25) is 0 Å². The van der Waals surface area contributed by atoms with Gasteiger partial charge in [0.1, 0.15) is 6.04 Å². The number of esters is 1. The lowest BCUT2D eigenvalue weighted by Gasteiger charge is -2.34. The number of amides is 2. The number of nitrogens with one attached hydrogen (secondary N) is 2. The van der Waals surface area contributed by atoms with Crippen molar-refractivity contribution in [3.05, 3.63) is 30.3 Å². The van der Waals surface area contributed by atoms with Crippen molar-refractivity contribution in [1.29, 1.82) is 0 Å². The summed E-state index contributed by atoms with van der Waals surface area (Å²) in [4.78, 5) is 38.0. The van der Waals surface area contributed by atoms with Crippen LogP contribution in [-0.2, 0) is 19.1 Å². The third-order valence-corrected chi connectivity index (χ3v) is 3.99. The second-order valence-corrected chi connectivity index (χ2v) is 5.89. The molecular formula is C18H25N3O4. The van der Waals surface area contributed by atoms with Gasteiger partial charge in [-0.15, -0.1) is 0 Å². The zero-order chi connectivity index (χ0) is 18.1. The van der Waals surface area contributed by atoms with Gasteiger partial charge in [-0.25, -0.2) is 0 Å². The van der Waals surface area contributed by atoms with Gasteiger partial charge in [0.05, 0.1) is 19.6 Å². The molecule has 1 unspecified atom stereocenters.